The van der Waals surface area contributed by atoms with Gasteiger partial charge in [0, 0.05) is 6.20 Å². The third kappa shape index (κ3) is 2.10. The smallest absolute Gasteiger partial charge is 0.229 e. The van der Waals surface area contributed by atoms with Crippen molar-refractivity contribution in [3.8, 4) is 22.8 Å². The molecule has 3 nitrogen and oxygen atoms in total. The van der Waals surface area contributed by atoms with Gasteiger partial charge in [0.05, 0.1) is 11.3 Å². The van der Waals surface area contributed by atoms with Crippen LogP contribution in [-0.2, 0) is 0 Å². The van der Waals surface area contributed by atoms with Crippen molar-refractivity contribution in [2.45, 2.75) is 0 Å². The first kappa shape index (κ1) is 11.5. The van der Waals surface area contributed by atoms with Crippen LogP contribution in [0.5, 0.6) is 0 Å². The van der Waals surface area contributed by atoms with Crippen LogP contribution in [-0.4, -0.2) is 9.97 Å². The molecular formula is C14H8F2N2O. The van der Waals surface area contributed by atoms with Gasteiger partial charge in [0.25, 0.3) is 0 Å². The molecule has 19 heavy (non-hydrogen) atoms. The monoisotopic (exact) mass is 258 g/mol. The fourth-order valence-corrected chi connectivity index (χ4v) is 1.70. The minimum atomic E-state index is -0.975. The van der Waals surface area contributed by atoms with Crippen molar-refractivity contribution in [3.05, 3.63) is 60.5 Å². The number of rotatable bonds is 2. The highest BCUT2D eigenvalue weighted by molar-refractivity contribution is 5.60. The molecule has 0 spiro atoms. The number of nitrogens with zero attached hydrogens (tertiary/aromatic N) is 2. The van der Waals surface area contributed by atoms with Crippen LogP contribution in [0.3, 0.4) is 0 Å². The van der Waals surface area contributed by atoms with E-state index in [2.05, 4.69) is 9.97 Å². The molecule has 3 rings (SSSR count). The lowest BCUT2D eigenvalue weighted by atomic mass is 10.2. The molecular weight excluding hydrogens is 250 g/mol. The molecule has 94 valence electrons. The fourth-order valence-electron chi connectivity index (χ4n) is 1.70. The van der Waals surface area contributed by atoms with Crippen LogP contribution in [0.1, 0.15) is 0 Å². The summed E-state index contributed by atoms with van der Waals surface area (Å²) in [5.41, 5.74) is 1.07. The zero-order valence-electron chi connectivity index (χ0n) is 9.68. The quantitative estimate of drug-likeness (QED) is 0.703. The lowest BCUT2D eigenvalue weighted by molar-refractivity contribution is 0.502. The second kappa shape index (κ2) is 4.61. The van der Waals surface area contributed by atoms with Gasteiger partial charge in [-0.1, -0.05) is 12.1 Å². The van der Waals surface area contributed by atoms with Gasteiger partial charge in [0.15, 0.2) is 11.6 Å². The Morgan fingerprint density at radius 2 is 1.84 bits per heavy atom. The number of oxazole rings is 1. The first-order valence-corrected chi connectivity index (χ1v) is 5.57. The minimum Gasteiger partial charge on any atom is -0.444 e. The number of benzene rings is 1. The summed E-state index contributed by atoms with van der Waals surface area (Å²) in [5.74, 6) is -1.88. The Bertz CT molecular complexity index is 710. The second-order valence-electron chi connectivity index (χ2n) is 3.85. The first-order valence-electron chi connectivity index (χ1n) is 5.57. The van der Waals surface area contributed by atoms with Gasteiger partial charge in [-0.05, 0) is 24.3 Å². The second-order valence-corrected chi connectivity index (χ2v) is 3.85. The van der Waals surface area contributed by atoms with Gasteiger partial charge in [-0.3, -0.25) is 4.98 Å². The van der Waals surface area contributed by atoms with E-state index in [4.69, 9.17) is 4.42 Å². The predicted octanol–water partition coefficient (Wildman–Crippen LogP) is 3.68. The fraction of sp³-hybridized carbons (Fsp3) is 0. The Morgan fingerprint density at radius 1 is 0.947 bits per heavy atom. The molecule has 1 aromatic carbocycles. The highest BCUT2D eigenvalue weighted by atomic mass is 19.2. The van der Waals surface area contributed by atoms with Crippen molar-refractivity contribution in [1.82, 2.24) is 9.97 Å². The van der Waals surface area contributed by atoms with Crippen molar-refractivity contribution in [2.75, 3.05) is 0 Å². The number of hydrogen-bond donors (Lipinski definition) is 0. The van der Waals surface area contributed by atoms with Crippen molar-refractivity contribution < 1.29 is 13.2 Å². The van der Waals surface area contributed by atoms with E-state index in [-0.39, 0.29) is 11.5 Å². The van der Waals surface area contributed by atoms with Crippen molar-refractivity contribution in [1.29, 1.82) is 0 Å². The van der Waals surface area contributed by atoms with Crippen molar-refractivity contribution >= 4 is 0 Å². The molecule has 0 unspecified atom stereocenters. The van der Waals surface area contributed by atoms with Crippen LogP contribution in [0.25, 0.3) is 22.8 Å². The molecule has 2 aromatic heterocycles. The number of pyridine rings is 1. The summed E-state index contributed by atoms with van der Waals surface area (Å²) in [6.45, 7) is 0. The Labute approximate surface area is 107 Å². The van der Waals surface area contributed by atoms with Crippen molar-refractivity contribution in [2.24, 2.45) is 0 Å². The van der Waals surface area contributed by atoms with Gasteiger partial charge in [0.1, 0.15) is 12.0 Å². The largest absolute Gasteiger partial charge is 0.444 e. The molecule has 0 N–H and O–H groups in total. The van der Waals surface area contributed by atoms with Gasteiger partial charge in [-0.25, -0.2) is 13.8 Å². The van der Waals surface area contributed by atoms with Crippen LogP contribution in [0.2, 0.25) is 0 Å². The highest BCUT2D eigenvalue weighted by Gasteiger charge is 2.15. The number of hydrogen-bond acceptors (Lipinski definition) is 3. The topological polar surface area (TPSA) is 38.9 Å². The molecule has 0 saturated carbocycles. The summed E-state index contributed by atoms with van der Waals surface area (Å²) in [6.07, 6.45) is 2.98. The van der Waals surface area contributed by atoms with E-state index in [1.165, 1.54) is 18.4 Å². The highest BCUT2D eigenvalue weighted by Crippen LogP contribution is 2.26. The predicted molar refractivity (Wildman–Crippen MR) is 65.1 cm³/mol. The van der Waals surface area contributed by atoms with Gasteiger partial charge < -0.3 is 4.42 Å². The molecule has 2 heterocycles. The zero-order chi connectivity index (χ0) is 13.2. The van der Waals surface area contributed by atoms with Gasteiger partial charge in [0.2, 0.25) is 5.89 Å². The van der Waals surface area contributed by atoms with Gasteiger partial charge in [-0.15, -0.1) is 0 Å². The Hall–Kier alpha value is -2.56. The standard InChI is InChI=1S/C14H8F2N2O/c15-10-5-3-4-9(13(10)16)14-18-12(8-19-14)11-6-1-2-7-17-11/h1-8H. The van der Waals surface area contributed by atoms with E-state index in [0.29, 0.717) is 11.4 Å². The van der Waals surface area contributed by atoms with E-state index in [9.17, 15) is 8.78 Å². The maximum Gasteiger partial charge on any atom is 0.229 e. The summed E-state index contributed by atoms with van der Waals surface area (Å²) in [7, 11) is 0. The van der Waals surface area contributed by atoms with E-state index in [1.54, 1.807) is 24.4 Å². The van der Waals surface area contributed by atoms with Crippen LogP contribution >= 0.6 is 0 Å². The Balaban J connectivity index is 2.05. The van der Waals surface area contributed by atoms with E-state index in [0.717, 1.165) is 6.07 Å². The Morgan fingerprint density at radius 3 is 2.63 bits per heavy atom. The molecule has 0 bridgehead atoms. The molecule has 0 amide bonds. The SMILES string of the molecule is Fc1cccc(-c2nc(-c3ccccn3)co2)c1F. The van der Waals surface area contributed by atoms with Crippen molar-refractivity contribution in [3.63, 3.8) is 0 Å². The third-order valence-corrected chi connectivity index (χ3v) is 2.61. The van der Waals surface area contributed by atoms with Gasteiger partial charge in [-0.2, -0.15) is 0 Å². The summed E-state index contributed by atoms with van der Waals surface area (Å²) in [5, 5.41) is 0. The molecule has 0 radical (unpaired) electrons. The first-order chi connectivity index (χ1) is 9.25. The normalized spacial score (nSPS) is 10.6. The minimum absolute atomic E-state index is 0.0119. The number of halogens is 2. The third-order valence-electron chi connectivity index (χ3n) is 2.61. The van der Waals surface area contributed by atoms with Crippen LogP contribution in [0.4, 0.5) is 8.78 Å². The molecule has 0 aliphatic heterocycles. The van der Waals surface area contributed by atoms with Crippen LogP contribution in [0.15, 0.2) is 53.3 Å². The van der Waals surface area contributed by atoms with E-state index < -0.39 is 11.6 Å². The van der Waals surface area contributed by atoms with E-state index in [1.807, 2.05) is 0 Å². The average Bonchev–Trinajstić information content (AvgIpc) is 2.92. The van der Waals surface area contributed by atoms with Gasteiger partial charge >= 0.3 is 0 Å². The molecule has 5 heteroatoms. The van der Waals surface area contributed by atoms with Crippen LogP contribution in [0, 0.1) is 11.6 Å². The molecule has 0 saturated heterocycles. The number of aromatic nitrogens is 2. The summed E-state index contributed by atoms with van der Waals surface area (Å²) in [6, 6.07) is 9.19. The summed E-state index contributed by atoms with van der Waals surface area (Å²) >= 11 is 0. The summed E-state index contributed by atoms with van der Waals surface area (Å²) < 4.78 is 31.9. The molecule has 0 fully saturated rings. The molecule has 0 aliphatic rings. The lowest BCUT2D eigenvalue weighted by Crippen LogP contribution is -1.89. The maximum atomic E-state index is 13.6. The maximum absolute atomic E-state index is 13.6. The van der Waals surface area contributed by atoms with Crippen LogP contribution < -0.4 is 0 Å². The molecule has 3 aromatic rings. The molecule has 0 atom stereocenters. The molecule has 0 aliphatic carbocycles. The Kier molecular flexibility index (Phi) is 2.79. The average molecular weight is 258 g/mol. The zero-order valence-corrected chi connectivity index (χ0v) is 9.68. The summed E-state index contributed by atoms with van der Waals surface area (Å²) in [4.78, 5) is 8.22. The van der Waals surface area contributed by atoms with E-state index >= 15 is 0 Å². The lowest BCUT2D eigenvalue weighted by Gasteiger charge is -1.98.